The highest BCUT2D eigenvalue weighted by Crippen LogP contribution is 2.49. The maximum atomic E-state index is 3.98. The van der Waals surface area contributed by atoms with Crippen LogP contribution < -0.4 is 15.1 Å². The summed E-state index contributed by atoms with van der Waals surface area (Å²) >= 11 is 0. The normalized spacial score (nSPS) is 20.5. The lowest BCUT2D eigenvalue weighted by Gasteiger charge is -2.44. The van der Waals surface area contributed by atoms with Crippen molar-refractivity contribution in [2.75, 3.05) is 28.2 Å². The maximum Gasteiger partial charge on any atom is 0.125 e. The summed E-state index contributed by atoms with van der Waals surface area (Å²) in [5, 5.41) is 3.80. The molecule has 2 heterocycles. The minimum atomic E-state index is 0.256. The van der Waals surface area contributed by atoms with E-state index in [1.165, 1.54) is 41.9 Å². The zero-order valence-electron chi connectivity index (χ0n) is 15.0. The van der Waals surface area contributed by atoms with Crippen molar-refractivity contribution in [2.45, 2.75) is 38.4 Å². The van der Waals surface area contributed by atoms with E-state index in [1.807, 2.05) is 6.08 Å². The van der Waals surface area contributed by atoms with Crippen molar-refractivity contribution in [1.82, 2.24) is 0 Å². The van der Waals surface area contributed by atoms with Crippen molar-refractivity contribution in [3.63, 3.8) is 0 Å². The topological polar surface area (TPSA) is 18.5 Å². The number of para-hydroxylation sites is 3. The van der Waals surface area contributed by atoms with Gasteiger partial charge >= 0.3 is 0 Å². The van der Waals surface area contributed by atoms with Crippen molar-refractivity contribution in [3.05, 3.63) is 66.7 Å². The fraction of sp³-hybridized carbons (Fsp3) is 0.364. The van der Waals surface area contributed by atoms with Gasteiger partial charge in [-0.1, -0.05) is 56.2 Å². The van der Waals surface area contributed by atoms with Gasteiger partial charge in [-0.25, -0.2) is 0 Å². The first-order chi connectivity index (χ1) is 12.3. The molecule has 0 saturated carbocycles. The SMILES string of the molecule is C=CCN1c2ccccc2C2C1Nc1ccccc1N2CCCCC. The third-order valence-corrected chi connectivity index (χ3v) is 5.38. The van der Waals surface area contributed by atoms with Crippen LogP contribution in [0.4, 0.5) is 17.1 Å². The zero-order chi connectivity index (χ0) is 17.2. The molecule has 0 aliphatic carbocycles. The Morgan fingerprint density at radius 3 is 2.56 bits per heavy atom. The number of benzene rings is 2. The summed E-state index contributed by atoms with van der Waals surface area (Å²) in [7, 11) is 0. The standard InChI is InChI=1S/C22H27N3/c1-3-5-10-16-24-20-14-9-7-12-18(20)23-22-21(24)17-11-6-8-13-19(17)25(22)15-4-2/h4,6-9,11-14,21-23H,2-3,5,10,15-16H2,1H3. The average Bonchev–Trinajstić information content (AvgIpc) is 2.96. The van der Waals surface area contributed by atoms with Crippen LogP contribution >= 0.6 is 0 Å². The molecular weight excluding hydrogens is 306 g/mol. The van der Waals surface area contributed by atoms with Gasteiger partial charge in [-0.2, -0.15) is 0 Å². The highest BCUT2D eigenvalue weighted by molar-refractivity contribution is 5.78. The van der Waals surface area contributed by atoms with E-state index in [0.717, 1.165) is 13.1 Å². The van der Waals surface area contributed by atoms with Gasteiger partial charge in [-0.15, -0.1) is 6.58 Å². The van der Waals surface area contributed by atoms with E-state index >= 15 is 0 Å². The Morgan fingerprint density at radius 1 is 1.00 bits per heavy atom. The highest BCUT2D eigenvalue weighted by Gasteiger charge is 2.44. The van der Waals surface area contributed by atoms with Crippen molar-refractivity contribution in [1.29, 1.82) is 0 Å². The number of hydrogen-bond donors (Lipinski definition) is 1. The summed E-state index contributed by atoms with van der Waals surface area (Å²) in [5.74, 6) is 0. The molecule has 0 fully saturated rings. The second kappa shape index (κ2) is 6.83. The number of rotatable bonds is 6. The van der Waals surface area contributed by atoms with E-state index in [9.17, 15) is 0 Å². The molecule has 0 amide bonds. The van der Waals surface area contributed by atoms with E-state index in [0.29, 0.717) is 6.04 Å². The lowest BCUT2D eigenvalue weighted by molar-refractivity contribution is 0.518. The number of unbranched alkanes of at least 4 members (excludes halogenated alkanes) is 2. The molecule has 0 bridgehead atoms. The number of nitrogens with zero attached hydrogens (tertiary/aromatic N) is 2. The molecule has 25 heavy (non-hydrogen) atoms. The molecule has 0 spiro atoms. The lowest BCUT2D eigenvalue weighted by Crippen LogP contribution is -2.50. The lowest BCUT2D eigenvalue weighted by atomic mass is 10.00. The smallest absolute Gasteiger partial charge is 0.125 e. The Hall–Kier alpha value is -2.42. The Labute approximate surface area is 151 Å². The summed E-state index contributed by atoms with van der Waals surface area (Å²) in [6.07, 6.45) is 6.02. The van der Waals surface area contributed by atoms with E-state index in [1.54, 1.807) is 0 Å². The van der Waals surface area contributed by atoms with E-state index in [-0.39, 0.29) is 6.17 Å². The molecule has 3 nitrogen and oxygen atoms in total. The third-order valence-electron chi connectivity index (χ3n) is 5.38. The summed E-state index contributed by atoms with van der Waals surface area (Å²) in [6.45, 7) is 8.20. The second-order valence-electron chi connectivity index (χ2n) is 6.95. The number of hydrogen-bond acceptors (Lipinski definition) is 3. The molecular formula is C22H27N3. The zero-order valence-corrected chi connectivity index (χ0v) is 15.0. The Kier molecular flexibility index (Phi) is 4.39. The van der Waals surface area contributed by atoms with Gasteiger partial charge in [-0.3, -0.25) is 0 Å². The fourth-order valence-corrected chi connectivity index (χ4v) is 4.28. The fourth-order valence-electron chi connectivity index (χ4n) is 4.28. The molecule has 2 atom stereocenters. The summed E-state index contributed by atoms with van der Waals surface area (Å²) < 4.78 is 0. The molecule has 2 aromatic rings. The molecule has 4 rings (SSSR count). The van der Waals surface area contributed by atoms with Crippen LogP contribution in [0.15, 0.2) is 61.2 Å². The molecule has 0 radical (unpaired) electrons. The minimum Gasteiger partial charge on any atom is -0.362 e. The Morgan fingerprint density at radius 2 is 1.76 bits per heavy atom. The Balaban J connectivity index is 1.78. The first kappa shape index (κ1) is 16.1. The molecule has 2 aliphatic rings. The van der Waals surface area contributed by atoms with Crippen LogP contribution in [-0.4, -0.2) is 19.3 Å². The van der Waals surface area contributed by atoms with E-state index in [4.69, 9.17) is 0 Å². The van der Waals surface area contributed by atoms with Crippen LogP contribution in [0.25, 0.3) is 0 Å². The first-order valence-corrected chi connectivity index (χ1v) is 9.44. The molecule has 3 heteroatoms. The molecule has 0 saturated heterocycles. The van der Waals surface area contributed by atoms with Crippen LogP contribution in [-0.2, 0) is 0 Å². The average molecular weight is 333 g/mol. The van der Waals surface area contributed by atoms with Crippen molar-refractivity contribution >= 4 is 17.1 Å². The summed E-state index contributed by atoms with van der Waals surface area (Å²) in [4.78, 5) is 5.07. The second-order valence-corrected chi connectivity index (χ2v) is 6.95. The summed E-state index contributed by atoms with van der Waals surface area (Å²) in [5.41, 5.74) is 5.32. The van der Waals surface area contributed by atoms with Gasteiger partial charge in [0.25, 0.3) is 0 Å². The van der Waals surface area contributed by atoms with E-state index in [2.05, 4.69) is 77.2 Å². The minimum absolute atomic E-state index is 0.256. The molecule has 2 aromatic carbocycles. The van der Waals surface area contributed by atoms with Crippen LogP contribution in [0.5, 0.6) is 0 Å². The van der Waals surface area contributed by atoms with Gasteiger partial charge in [0.1, 0.15) is 6.17 Å². The van der Waals surface area contributed by atoms with Crippen molar-refractivity contribution in [2.24, 2.45) is 0 Å². The van der Waals surface area contributed by atoms with Gasteiger partial charge in [-0.05, 0) is 24.6 Å². The van der Waals surface area contributed by atoms with Crippen LogP contribution in [0.1, 0.15) is 37.8 Å². The Bertz CT molecular complexity index is 754. The van der Waals surface area contributed by atoms with Crippen LogP contribution in [0.2, 0.25) is 0 Å². The third kappa shape index (κ3) is 2.68. The number of nitrogens with one attached hydrogen (secondary N) is 1. The van der Waals surface area contributed by atoms with E-state index < -0.39 is 0 Å². The predicted molar refractivity (Wildman–Crippen MR) is 107 cm³/mol. The van der Waals surface area contributed by atoms with Crippen LogP contribution in [0, 0.1) is 0 Å². The number of fused-ring (bicyclic) bond motifs is 4. The van der Waals surface area contributed by atoms with Gasteiger partial charge < -0.3 is 15.1 Å². The van der Waals surface area contributed by atoms with Crippen molar-refractivity contribution in [3.8, 4) is 0 Å². The summed E-state index contributed by atoms with van der Waals surface area (Å²) in [6, 6.07) is 17.9. The maximum absolute atomic E-state index is 3.98. The molecule has 0 aromatic heterocycles. The largest absolute Gasteiger partial charge is 0.362 e. The molecule has 130 valence electrons. The molecule has 2 aliphatic heterocycles. The van der Waals surface area contributed by atoms with Crippen LogP contribution in [0.3, 0.4) is 0 Å². The van der Waals surface area contributed by atoms with Crippen molar-refractivity contribution < 1.29 is 0 Å². The van der Waals surface area contributed by atoms with Gasteiger partial charge in [0.05, 0.1) is 17.4 Å². The molecule has 1 N–H and O–H groups in total. The first-order valence-electron chi connectivity index (χ1n) is 9.44. The van der Waals surface area contributed by atoms with Gasteiger partial charge in [0, 0.05) is 24.3 Å². The monoisotopic (exact) mass is 333 g/mol. The van der Waals surface area contributed by atoms with Gasteiger partial charge in [0.2, 0.25) is 0 Å². The number of anilines is 3. The predicted octanol–water partition coefficient (Wildman–Crippen LogP) is 5.18. The quantitative estimate of drug-likeness (QED) is 0.580. The highest BCUT2D eigenvalue weighted by atomic mass is 15.4. The molecule has 2 unspecified atom stereocenters. The van der Waals surface area contributed by atoms with Gasteiger partial charge in [0.15, 0.2) is 0 Å².